The molecule has 0 atom stereocenters. The van der Waals surface area contributed by atoms with Crippen molar-refractivity contribution < 1.29 is 14.3 Å². The summed E-state index contributed by atoms with van der Waals surface area (Å²) in [7, 11) is 0. The van der Waals surface area contributed by atoms with E-state index in [1.165, 1.54) is 0 Å². The molecule has 2 aromatic rings. The van der Waals surface area contributed by atoms with Gasteiger partial charge in [0.1, 0.15) is 18.1 Å². The minimum absolute atomic E-state index is 0.179. The van der Waals surface area contributed by atoms with E-state index in [1.807, 2.05) is 32.0 Å². The summed E-state index contributed by atoms with van der Waals surface area (Å²) in [6.07, 6.45) is 0. The van der Waals surface area contributed by atoms with E-state index in [2.05, 4.69) is 11.9 Å². The number of ether oxygens (including phenoxy) is 2. The molecule has 0 bridgehead atoms. The molecule has 0 aliphatic rings. The van der Waals surface area contributed by atoms with E-state index < -0.39 is 0 Å². The van der Waals surface area contributed by atoms with Gasteiger partial charge in [0, 0.05) is 11.3 Å². The second-order valence-electron chi connectivity index (χ2n) is 5.19. The Kier molecular flexibility index (Phi) is 5.80. The zero-order valence-electron chi connectivity index (χ0n) is 13.5. The van der Waals surface area contributed by atoms with Gasteiger partial charge in [-0.3, -0.25) is 4.79 Å². The van der Waals surface area contributed by atoms with Crippen LogP contribution in [0.25, 0.3) is 0 Å². The van der Waals surface area contributed by atoms with Crippen LogP contribution in [0.1, 0.15) is 24.2 Å². The molecule has 2 aromatic carbocycles. The van der Waals surface area contributed by atoms with Gasteiger partial charge in [-0.25, -0.2) is 0 Å². The summed E-state index contributed by atoms with van der Waals surface area (Å²) in [6.45, 7) is 8.65. The summed E-state index contributed by atoms with van der Waals surface area (Å²) in [4.78, 5) is 12.3. The molecule has 4 heteroatoms. The van der Waals surface area contributed by atoms with Crippen molar-refractivity contribution in [2.75, 3.05) is 18.5 Å². The third-order valence-electron chi connectivity index (χ3n) is 3.00. The van der Waals surface area contributed by atoms with Gasteiger partial charge in [-0.2, -0.15) is 0 Å². The number of benzene rings is 2. The largest absolute Gasteiger partial charge is 0.494 e. The molecule has 0 saturated heterocycles. The van der Waals surface area contributed by atoms with Crippen molar-refractivity contribution in [3.8, 4) is 11.5 Å². The maximum atomic E-state index is 12.3. The normalized spacial score (nSPS) is 10.0. The van der Waals surface area contributed by atoms with Gasteiger partial charge in [-0.05, 0) is 61.9 Å². The molecule has 0 radical (unpaired) electrons. The van der Waals surface area contributed by atoms with E-state index >= 15 is 0 Å². The summed E-state index contributed by atoms with van der Waals surface area (Å²) >= 11 is 0. The Bertz CT molecular complexity index is 677. The minimum Gasteiger partial charge on any atom is -0.494 e. The highest BCUT2D eigenvalue weighted by atomic mass is 16.5. The van der Waals surface area contributed by atoms with Gasteiger partial charge in [0.05, 0.1) is 6.61 Å². The Balaban J connectivity index is 1.99. The molecule has 1 N–H and O–H groups in total. The molecule has 0 saturated carbocycles. The lowest BCUT2D eigenvalue weighted by atomic mass is 10.2. The molecule has 23 heavy (non-hydrogen) atoms. The topological polar surface area (TPSA) is 47.6 Å². The number of carbonyl (C=O) groups excluding carboxylic acids is 1. The molecule has 0 spiro atoms. The summed E-state index contributed by atoms with van der Waals surface area (Å²) in [6, 6.07) is 14.3. The zero-order chi connectivity index (χ0) is 16.7. The van der Waals surface area contributed by atoms with Gasteiger partial charge < -0.3 is 14.8 Å². The molecular formula is C19H21NO3. The lowest BCUT2D eigenvalue weighted by Crippen LogP contribution is -2.12. The average Bonchev–Trinajstić information content (AvgIpc) is 2.55. The number of anilines is 1. The molecule has 4 nitrogen and oxygen atoms in total. The first kappa shape index (κ1) is 16.6. The van der Waals surface area contributed by atoms with E-state index in [1.54, 1.807) is 30.3 Å². The van der Waals surface area contributed by atoms with Crippen LogP contribution in [0.15, 0.2) is 60.7 Å². The molecule has 2 rings (SSSR count). The average molecular weight is 311 g/mol. The van der Waals surface area contributed by atoms with Crippen molar-refractivity contribution in [1.29, 1.82) is 0 Å². The third-order valence-corrected chi connectivity index (χ3v) is 3.00. The quantitative estimate of drug-likeness (QED) is 0.776. The Morgan fingerprint density at radius 2 is 1.83 bits per heavy atom. The lowest BCUT2D eigenvalue weighted by molar-refractivity contribution is 0.102. The van der Waals surface area contributed by atoms with Crippen LogP contribution in [0.4, 0.5) is 5.69 Å². The molecule has 0 aromatic heterocycles. The van der Waals surface area contributed by atoms with Crippen molar-refractivity contribution >= 4 is 11.6 Å². The summed E-state index contributed by atoms with van der Waals surface area (Å²) in [5.41, 5.74) is 2.22. The molecular weight excluding hydrogens is 290 g/mol. The van der Waals surface area contributed by atoms with E-state index in [-0.39, 0.29) is 5.91 Å². The van der Waals surface area contributed by atoms with Gasteiger partial charge >= 0.3 is 0 Å². The number of rotatable bonds is 7. The van der Waals surface area contributed by atoms with Crippen molar-refractivity contribution in [3.63, 3.8) is 0 Å². The van der Waals surface area contributed by atoms with Crippen molar-refractivity contribution in [1.82, 2.24) is 0 Å². The summed E-state index contributed by atoms with van der Waals surface area (Å²) in [5.74, 6) is 1.25. The first-order chi connectivity index (χ1) is 11.1. The summed E-state index contributed by atoms with van der Waals surface area (Å²) < 4.78 is 10.9. The van der Waals surface area contributed by atoms with E-state index in [9.17, 15) is 4.79 Å². The number of nitrogens with one attached hydrogen (secondary N) is 1. The van der Waals surface area contributed by atoms with Crippen LogP contribution in [-0.4, -0.2) is 19.1 Å². The Labute approximate surface area is 136 Å². The number of hydrogen-bond donors (Lipinski definition) is 1. The molecule has 0 fully saturated rings. The summed E-state index contributed by atoms with van der Waals surface area (Å²) in [5, 5.41) is 2.85. The predicted octanol–water partition coefficient (Wildman–Crippen LogP) is 4.29. The second kappa shape index (κ2) is 8.03. The van der Waals surface area contributed by atoms with Crippen LogP contribution in [0.3, 0.4) is 0 Å². The molecule has 0 heterocycles. The van der Waals surface area contributed by atoms with Crippen LogP contribution in [0, 0.1) is 0 Å². The second-order valence-corrected chi connectivity index (χ2v) is 5.19. The minimum atomic E-state index is -0.179. The maximum absolute atomic E-state index is 12.3. The van der Waals surface area contributed by atoms with Crippen LogP contribution < -0.4 is 14.8 Å². The van der Waals surface area contributed by atoms with Gasteiger partial charge in [0.15, 0.2) is 0 Å². The van der Waals surface area contributed by atoms with Crippen LogP contribution in [0.2, 0.25) is 0 Å². The van der Waals surface area contributed by atoms with Gasteiger partial charge in [0.25, 0.3) is 5.91 Å². The Hall–Kier alpha value is -2.75. The van der Waals surface area contributed by atoms with Gasteiger partial charge in [-0.1, -0.05) is 12.6 Å². The van der Waals surface area contributed by atoms with Crippen LogP contribution >= 0.6 is 0 Å². The monoisotopic (exact) mass is 311 g/mol. The molecule has 120 valence electrons. The van der Waals surface area contributed by atoms with E-state index in [0.29, 0.717) is 30.2 Å². The smallest absolute Gasteiger partial charge is 0.255 e. The predicted molar refractivity (Wildman–Crippen MR) is 92.3 cm³/mol. The maximum Gasteiger partial charge on any atom is 0.255 e. The lowest BCUT2D eigenvalue weighted by Gasteiger charge is -2.09. The number of hydrogen-bond acceptors (Lipinski definition) is 3. The van der Waals surface area contributed by atoms with E-state index in [0.717, 1.165) is 11.3 Å². The Morgan fingerprint density at radius 3 is 2.48 bits per heavy atom. The highest BCUT2D eigenvalue weighted by Gasteiger charge is 2.07. The SMILES string of the molecule is C=C(C)COc1ccc(NC(=O)c2cccc(OCC)c2)cc1. The van der Waals surface area contributed by atoms with Crippen molar-refractivity contribution in [3.05, 3.63) is 66.2 Å². The third kappa shape index (κ3) is 5.18. The van der Waals surface area contributed by atoms with Crippen molar-refractivity contribution in [2.45, 2.75) is 13.8 Å². The highest BCUT2D eigenvalue weighted by Crippen LogP contribution is 2.18. The van der Waals surface area contributed by atoms with Crippen LogP contribution in [-0.2, 0) is 0 Å². The fraction of sp³-hybridized carbons (Fsp3) is 0.211. The molecule has 0 unspecified atom stereocenters. The molecule has 1 amide bonds. The standard InChI is InChI=1S/C19H21NO3/c1-4-22-18-7-5-6-15(12-18)19(21)20-16-8-10-17(11-9-16)23-13-14(2)3/h5-12H,2,4,13H2,1,3H3,(H,20,21). The first-order valence-corrected chi connectivity index (χ1v) is 7.50. The number of carbonyl (C=O) groups is 1. The van der Waals surface area contributed by atoms with Gasteiger partial charge in [0.2, 0.25) is 0 Å². The first-order valence-electron chi connectivity index (χ1n) is 7.50. The van der Waals surface area contributed by atoms with Crippen molar-refractivity contribution in [2.24, 2.45) is 0 Å². The Morgan fingerprint density at radius 1 is 1.09 bits per heavy atom. The number of amides is 1. The fourth-order valence-electron chi connectivity index (χ4n) is 1.94. The van der Waals surface area contributed by atoms with Crippen LogP contribution in [0.5, 0.6) is 11.5 Å². The van der Waals surface area contributed by atoms with E-state index in [4.69, 9.17) is 9.47 Å². The highest BCUT2D eigenvalue weighted by molar-refractivity contribution is 6.04. The molecule has 0 aliphatic heterocycles. The molecule has 0 aliphatic carbocycles. The fourth-order valence-corrected chi connectivity index (χ4v) is 1.94. The van der Waals surface area contributed by atoms with Gasteiger partial charge in [-0.15, -0.1) is 0 Å². The zero-order valence-corrected chi connectivity index (χ0v) is 13.5.